The molecule has 6 heteroatoms. The van der Waals surface area contributed by atoms with Gasteiger partial charge < -0.3 is 0 Å². The van der Waals surface area contributed by atoms with Crippen LogP contribution in [0.15, 0.2) is 0 Å². The fourth-order valence-electron chi connectivity index (χ4n) is 0. The normalized spacial score (nSPS) is 9.83. The van der Waals surface area contributed by atoms with Crippen molar-refractivity contribution in [2.45, 2.75) is 0 Å². The third-order valence-corrected chi connectivity index (χ3v) is 0. The van der Waals surface area contributed by atoms with Gasteiger partial charge >= 0.3 is 53.4 Å². The van der Waals surface area contributed by atoms with E-state index in [9.17, 15) is 4.20 Å². The molecule has 0 heterocycles. The van der Waals surface area contributed by atoms with E-state index >= 15 is 0 Å². The van der Waals surface area contributed by atoms with Crippen LogP contribution in [0.2, 0.25) is 0 Å². The van der Waals surface area contributed by atoms with Crippen LogP contribution in [0.4, 0.5) is 4.20 Å². The van der Waals surface area contributed by atoms with Gasteiger partial charge in [0.05, 0.1) is 0 Å². The summed E-state index contributed by atoms with van der Waals surface area (Å²) in [5, 5.41) is 0. The summed E-state index contributed by atoms with van der Waals surface area (Å²) in [4.78, 5) is 13.9. The van der Waals surface area contributed by atoms with E-state index in [0.717, 1.165) is 0 Å². The summed E-state index contributed by atoms with van der Waals surface area (Å²) < 4.78 is 19.0. The minimum atomic E-state index is -5.14. The van der Waals surface area contributed by atoms with Crippen LogP contribution in [0, 0.1) is 0 Å². The first-order chi connectivity index (χ1) is 2.00. The van der Waals surface area contributed by atoms with E-state index in [1.807, 2.05) is 0 Å². The van der Waals surface area contributed by atoms with Crippen LogP contribution in [-0.4, -0.2) is 55.3 Å². The van der Waals surface area contributed by atoms with Crippen molar-refractivity contribution in [2.24, 2.45) is 0 Å². The predicted octanol–water partition coefficient (Wildman–Crippen LogP) is -0.868. The van der Waals surface area contributed by atoms with Crippen LogP contribution in [0.25, 0.3) is 0 Å². The molecular formula is H4FO3PSr. The Bertz CT molecular complexity index is 56.9. The molecule has 6 heavy (non-hydrogen) atoms. The molecule has 0 radical (unpaired) electrons. The second kappa shape index (κ2) is 3.55. The molecule has 0 aliphatic heterocycles. The molecule has 0 rings (SSSR count). The van der Waals surface area contributed by atoms with Crippen molar-refractivity contribution in [3.8, 4) is 0 Å². The molecular weight excluding hydrogens is 186 g/mol. The second-order valence-electron chi connectivity index (χ2n) is 0.473. The fraction of sp³-hybridized carbons (Fsp3) is 0. The van der Waals surface area contributed by atoms with E-state index in [1.54, 1.807) is 0 Å². The SMILES string of the molecule is O=P(O)(O)F.[SrH2]. The summed E-state index contributed by atoms with van der Waals surface area (Å²) in [6.45, 7) is 0. The molecule has 0 saturated heterocycles. The van der Waals surface area contributed by atoms with Gasteiger partial charge in [-0.3, -0.25) is 9.79 Å². The summed E-state index contributed by atoms with van der Waals surface area (Å²) in [7, 11) is -5.14. The van der Waals surface area contributed by atoms with Gasteiger partial charge in [-0.2, -0.15) is 0 Å². The molecule has 0 bridgehead atoms. The molecule has 0 saturated carbocycles. The van der Waals surface area contributed by atoms with Gasteiger partial charge in [0.2, 0.25) is 0 Å². The van der Waals surface area contributed by atoms with Gasteiger partial charge in [0, 0.05) is 0 Å². The quantitative estimate of drug-likeness (QED) is 0.385. The van der Waals surface area contributed by atoms with Crippen molar-refractivity contribution in [2.75, 3.05) is 0 Å². The van der Waals surface area contributed by atoms with Crippen molar-refractivity contribution >= 4 is 53.4 Å². The van der Waals surface area contributed by atoms with Crippen LogP contribution < -0.4 is 0 Å². The molecule has 0 aliphatic carbocycles. The van der Waals surface area contributed by atoms with E-state index in [4.69, 9.17) is 14.4 Å². The molecule has 0 aromatic heterocycles. The Kier molecular flexibility index (Phi) is 6.22. The molecule has 0 aromatic carbocycles. The monoisotopic (exact) mass is 190 g/mol. The van der Waals surface area contributed by atoms with Crippen LogP contribution in [0.1, 0.15) is 0 Å². The van der Waals surface area contributed by atoms with Gasteiger partial charge in [-0.25, -0.2) is 4.57 Å². The topological polar surface area (TPSA) is 57.5 Å². The van der Waals surface area contributed by atoms with Crippen LogP contribution in [-0.2, 0) is 4.57 Å². The minimum absolute atomic E-state index is 0. The molecule has 3 nitrogen and oxygen atoms in total. The zero-order valence-corrected chi connectivity index (χ0v) is 3.02. The first-order valence-electron chi connectivity index (χ1n) is 0.752. The van der Waals surface area contributed by atoms with Crippen molar-refractivity contribution in [1.29, 1.82) is 0 Å². The molecule has 0 spiro atoms. The molecule has 0 fully saturated rings. The van der Waals surface area contributed by atoms with Crippen LogP contribution >= 0.6 is 7.91 Å². The van der Waals surface area contributed by atoms with Crippen molar-refractivity contribution in [1.82, 2.24) is 0 Å². The first-order valence-corrected chi connectivity index (χ1v) is 2.25. The first kappa shape index (κ1) is 10.5. The summed E-state index contributed by atoms with van der Waals surface area (Å²) in [6, 6.07) is 0. The fourth-order valence-corrected chi connectivity index (χ4v) is 0. The van der Waals surface area contributed by atoms with Crippen molar-refractivity contribution in [3.05, 3.63) is 0 Å². The van der Waals surface area contributed by atoms with E-state index in [2.05, 4.69) is 0 Å². The van der Waals surface area contributed by atoms with Crippen molar-refractivity contribution in [3.63, 3.8) is 0 Å². The average Bonchev–Trinajstić information content (AvgIpc) is 0.722. The number of rotatable bonds is 0. The zero-order chi connectivity index (χ0) is 4.50. The van der Waals surface area contributed by atoms with Crippen LogP contribution in [0.3, 0.4) is 0 Å². The average molecular weight is 190 g/mol. The summed E-state index contributed by atoms with van der Waals surface area (Å²) >= 11 is 0. The molecule has 2 N–H and O–H groups in total. The maximum atomic E-state index is 10.4. The van der Waals surface area contributed by atoms with Gasteiger partial charge in [0.15, 0.2) is 0 Å². The summed E-state index contributed by atoms with van der Waals surface area (Å²) in [5.41, 5.74) is 0. The molecule has 0 atom stereocenters. The second-order valence-corrected chi connectivity index (χ2v) is 1.42. The van der Waals surface area contributed by atoms with E-state index in [-0.39, 0.29) is 45.5 Å². The molecule has 0 aromatic rings. The van der Waals surface area contributed by atoms with Crippen molar-refractivity contribution < 1.29 is 18.5 Å². The van der Waals surface area contributed by atoms with Gasteiger partial charge in [-0.15, -0.1) is 4.20 Å². The predicted molar refractivity (Wildman–Crippen MR) is 21.7 cm³/mol. The van der Waals surface area contributed by atoms with Gasteiger partial charge in [0.25, 0.3) is 0 Å². The molecule has 36 valence electrons. The Morgan fingerprint density at radius 2 is 1.50 bits per heavy atom. The van der Waals surface area contributed by atoms with E-state index in [1.165, 1.54) is 0 Å². The Balaban J connectivity index is 0. The molecule has 0 amide bonds. The Labute approximate surface area is 71.1 Å². The van der Waals surface area contributed by atoms with Gasteiger partial charge in [-0.1, -0.05) is 0 Å². The zero-order valence-electron chi connectivity index (χ0n) is 2.13. The summed E-state index contributed by atoms with van der Waals surface area (Å²) in [6.07, 6.45) is 0. The Hall–Kier alpha value is 1.56. The third kappa shape index (κ3) is 47.5. The van der Waals surface area contributed by atoms with Gasteiger partial charge in [0.1, 0.15) is 0 Å². The van der Waals surface area contributed by atoms with Gasteiger partial charge in [-0.05, 0) is 0 Å². The van der Waals surface area contributed by atoms with E-state index < -0.39 is 7.91 Å². The standard InChI is InChI=1S/FH2O3P.Sr.2H/c1-5(2,3)4;;;/h(H2,2,3,4);;;. The van der Waals surface area contributed by atoms with Crippen LogP contribution in [0.5, 0.6) is 0 Å². The maximum absolute atomic E-state index is 10.4. The van der Waals surface area contributed by atoms with E-state index in [0.29, 0.717) is 0 Å². The molecule has 0 aliphatic rings. The summed E-state index contributed by atoms with van der Waals surface area (Å²) in [5.74, 6) is 0. The number of hydrogen-bond donors (Lipinski definition) is 2. The Morgan fingerprint density at radius 3 is 1.50 bits per heavy atom. The Morgan fingerprint density at radius 1 is 1.50 bits per heavy atom. The molecule has 0 unspecified atom stereocenters. The third-order valence-electron chi connectivity index (χ3n) is 0. The number of halogens is 1. The number of hydrogen-bond acceptors (Lipinski definition) is 1.